The number of hydrogen-bond acceptors (Lipinski definition) is 1. The third kappa shape index (κ3) is 1.09. The number of hydrogen-bond donors (Lipinski definition) is 0. The average Bonchev–Trinajstić information content (AvgIpc) is 2.53. The molecule has 0 amide bonds. The van der Waals surface area contributed by atoms with Gasteiger partial charge in [0.1, 0.15) is 0 Å². The first-order chi connectivity index (χ1) is 5.92. The van der Waals surface area contributed by atoms with Gasteiger partial charge in [0.25, 0.3) is 0 Å². The molecule has 0 aliphatic heterocycles. The summed E-state index contributed by atoms with van der Waals surface area (Å²) >= 11 is 0. The van der Waals surface area contributed by atoms with Crippen LogP contribution in [0.3, 0.4) is 0 Å². The summed E-state index contributed by atoms with van der Waals surface area (Å²) in [5, 5.41) is 4.18. The molecule has 0 fully saturated rings. The van der Waals surface area contributed by atoms with E-state index >= 15 is 0 Å². The van der Waals surface area contributed by atoms with Crippen LogP contribution in [0.1, 0.15) is 18.9 Å². The van der Waals surface area contributed by atoms with E-state index in [0.29, 0.717) is 0 Å². The summed E-state index contributed by atoms with van der Waals surface area (Å²) < 4.78 is 1.92. The van der Waals surface area contributed by atoms with Gasteiger partial charge in [0.05, 0.1) is 5.52 Å². The fourth-order valence-electron chi connectivity index (χ4n) is 1.49. The molecule has 0 radical (unpaired) electrons. The molecular weight excluding hydrogens is 148 g/mol. The van der Waals surface area contributed by atoms with Crippen LogP contribution >= 0.6 is 0 Å². The van der Waals surface area contributed by atoms with Crippen LogP contribution in [0.4, 0.5) is 0 Å². The lowest BCUT2D eigenvalue weighted by atomic mass is 10.1. The Morgan fingerprint density at radius 1 is 1.42 bits per heavy atom. The summed E-state index contributed by atoms with van der Waals surface area (Å²) in [7, 11) is 0. The second-order valence-electron chi connectivity index (χ2n) is 2.94. The monoisotopic (exact) mass is 160 g/mol. The number of pyridine rings is 1. The van der Waals surface area contributed by atoms with Crippen LogP contribution in [-0.4, -0.2) is 9.61 Å². The Kier molecular flexibility index (Phi) is 1.82. The first kappa shape index (κ1) is 7.35. The largest absolute Gasteiger partial charge is 0.241 e. The number of aryl methyl sites for hydroxylation is 1. The molecule has 2 heterocycles. The lowest BCUT2D eigenvalue weighted by Crippen LogP contribution is -1.91. The highest BCUT2D eigenvalue weighted by molar-refractivity contribution is 5.53. The van der Waals surface area contributed by atoms with Gasteiger partial charge in [0.2, 0.25) is 0 Å². The highest BCUT2D eigenvalue weighted by Gasteiger charge is 1.98. The highest BCUT2D eigenvalue weighted by atomic mass is 15.2. The molecule has 2 nitrogen and oxygen atoms in total. The van der Waals surface area contributed by atoms with Gasteiger partial charge in [-0.2, -0.15) is 5.10 Å². The van der Waals surface area contributed by atoms with Crippen LogP contribution in [0.2, 0.25) is 0 Å². The maximum absolute atomic E-state index is 4.18. The Balaban J connectivity index is 2.57. The molecule has 0 unspecified atom stereocenters. The van der Waals surface area contributed by atoms with Crippen molar-refractivity contribution in [2.75, 3.05) is 0 Å². The molecule has 2 rings (SSSR count). The van der Waals surface area contributed by atoms with E-state index in [2.05, 4.69) is 24.2 Å². The zero-order valence-corrected chi connectivity index (χ0v) is 7.20. The fraction of sp³-hybridized carbons (Fsp3) is 0.300. The minimum atomic E-state index is 1.13. The molecule has 12 heavy (non-hydrogen) atoms. The van der Waals surface area contributed by atoms with Crippen LogP contribution in [0.5, 0.6) is 0 Å². The minimum absolute atomic E-state index is 1.13. The van der Waals surface area contributed by atoms with Gasteiger partial charge in [-0.15, -0.1) is 0 Å². The maximum Gasteiger partial charge on any atom is 0.0693 e. The standard InChI is InChI=1S/C10H12N2/c1-2-4-9-5-3-8-12-10(9)6-7-11-12/h3,5-8H,2,4H2,1H3. The summed E-state index contributed by atoms with van der Waals surface area (Å²) in [5.74, 6) is 0. The van der Waals surface area contributed by atoms with E-state index < -0.39 is 0 Å². The number of fused-ring (bicyclic) bond motifs is 1. The summed E-state index contributed by atoms with van der Waals surface area (Å²) in [4.78, 5) is 0. The van der Waals surface area contributed by atoms with Crippen molar-refractivity contribution < 1.29 is 0 Å². The predicted molar refractivity (Wildman–Crippen MR) is 49.2 cm³/mol. The van der Waals surface area contributed by atoms with Crippen molar-refractivity contribution in [3.63, 3.8) is 0 Å². The summed E-state index contributed by atoms with van der Waals surface area (Å²) in [6.45, 7) is 2.19. The average molecular weight is 160 g/mol. The molecule has 62 valence electrons. The molecule has 0 saturated heterocycles. The smallest absolute Gasteiger partial charge is 0.0693 e. The van der Waals surface area contributed by atoms with E-state index in [-0.39, 0.29) is 0 Å². The van der Waals surface area contributed by atoms with Gasteiger partial charge in [-0.25, -0.2) is 4.52 Å². The van der Waals surface area contributed by atoms with Gasteiger partial charge in [0.15, 0.2) is 0 Å². The van der Waals surface area contributed by atoms with Gasteiger partial charge in [-0.1, -0.05) is 19.4 Å². The summed E-state index contributed by atoms with van der Waals surface area (Å²) in [6.07, 6.45) is 6.14. The molecule has 2 heteroatoms. The van der Waals surface area contributed by atoms with Crippen LogP contribution in [0, 0.1) is 0 Å². The molecule has 2 aromatic rings. The van der Waals surface area contributed by atoms with Crippen molar-refractivity contribution in [1.82, 2.24) is 9.61 Å². The molecule has 0 saturated carbocycles. The van der Waals surface area contributed by atoms with Gasteiger partial charge >= 0.3 is 0 Å². The molecule has 2 aromatic heterocycles. The van der Waals surface area contributed by atoms with E-state index in [4.69, 9.17) is 0 Å². The van der Waals surface area contributed by atoms with Crippen molar-refractivity contribution in [3.05, 3.63) is 36.2 Å². The molecule has 0 aliphatic rings. The molecule has 0 spiro atoms. The van der Waals surface area contributed by atoms with E-state index in [1.807, 2.05) is 23.0 Å². The molecule has 0 bridgehead atoms. The number of nitrogens with zero attached hydrogens (tertiary/aromatic N) is 2. The normalized spacial score (nSPS) is 10.8. The van der Waals surface area contributed by atoms with Crippen LogP contribution < -0.4 is 0 Å². The molecular formula is C10H12N2. The third-order valence-electron chi connectivity index (χ3n) is 2.04. The van der Waals surface area contributed by atoms with Crippen LogP contribution in [-0.2, 0) is 6.42 Å². The molecule has 0 N–H and O–H groups in total. The second kappa shape index (κ2) is 2.97. The van der Waals surface area contributed by atoms with Gasteiger partial charge in [-0.3, -0.25) is 0 Å². The van der Waals surface area contributed by atoms with Crippen molar-refractivity contribution in [1.29, 1.82) is 0 Å². The SMILES string of the molecule is CCCc1cccn2nccc12. The quantitative estimate of drug-likeness (QED) is 0.658. The predicted octanol–water partition coefficient (Wildman–Crippen LogP) is 2.29. The minimum Gasteiger partial charge on any atom is -0.241 e. The Morgan fingerprint density at radius 3 is 3.17 bits per heavy atom. The Hall–Kier alpha value is -1.31. The molecule has 0 atom stereocenters. The van der Waals surface area contributed by atoms with E-state index in [9.17, 15) is 0 Å². The lowest BCUT2D eigenvalue weighted by molar-refractivity contribution is 0.898. The summed E-state index contributed by atoms with van der Waals surface area (Å²) in [6, 6.07) is 6.27. The van der Waals surface area contributed by atoms with Crippen molar-refractivity contribution in [3.8, 4) is 0 Å². The van der Waals surface area contributed by atoms with Gasteiger partial charge < -0.3 is 0 Å². The molecule has 0 aromatic carbocycles. The van der Waals surface area contributed by atoms with Gasteiger partial charge in [0, 0.05) is 12.4 Å². The topological polar surface area (TPSA) is 17.3 Å². The lowest BCUT2D eigenvalue weighted by Gasteiger charge is -2.00. The third-order valence-corrected chi connectivity index (χ3v) is 2.04. The first-order valence-corrected chi connectivity index (χ1v) is 4.33. The summed E-state index contributed by atoms with van der Waals surface area (Å²) in [5.41, 5.74) is 2.62. The van der Waals surface area contributed by atoms with E-state index in [0.717, 1.165) is 6.42 Å². The highest BCUT2D eigenvalue weighted by Crippen LogP contribution is 2.11. The number of aromatic nitrogens is 2. The van der Waals surface area contributed by atoms with E-state index in [1.54, 1.807) is 0 Å². The van der Waals surface area contributed by atoms with Crippen molar-refractivity contribution in [2.45, 2.75) is 19.8 Å². The van der Waals surface area contributed by atoms with Crippen LogP contribution in [0.15, 0.2) is 30.6 Å². The fourth-order valence-corrected chi connectivity index (χ4v) is 1.49. The van der Waals surface area contributed by atoms with Crippen molar-refractivity contribution in [2.24, 2.45) is 0 Å². The van der Waals surface area contributed by atoms with Crippen molar-refractivity contribution >= 4 is 5.52 Å². The number of rotatable bonds is 2. The molecule has 0 aliphatic carbocycles. The second-order valence-corrected chi connectivity index (χ2v) is 2.94. The Labute approximate surface area is 71.8 Å². The zero-order valence-electron chi connectivity index (χ0n) is 7.20. The van der Waals surface area contributed by atoms with Crippen LogP contribution in [0.25, 0.3) is 5.52 Å². The van der Waals surface area contributed by atoms with Gasteiger partial charge in [-0.05, 0) is 24.1 Å². The first-order valence-electron chi connectivity index (χ1n) is 4.33. The van der Waals surface area contributed by atoms with E-state index in [1.165, 1.54) is 17.5 Å². The zero-order chi connectivity index (χ0) is 8.39. The Bertz CT molecular complexity index is 376. The Morgan fingerprint density at radius 2 is 2.33 bits per heavy atom. The maximum atomic E-state index is 4.18.